The van der Waals surface area contributed by atoms with Crippen LogP contribution in [0.5, 0.6) is 0 Å². The number of aryl methyl sites for hydroxylation is 2. The van der Waals surface area contributed by atoms with Crippen molar-refractivity contribution in [1.82, 2.24) is 9.78 Å². The molecule has 1 aliphatic heterocycles. The monoisotopic (exact) mass is 395 g/mol. The number of fused-ring (bicyclic) bond motifs is 1. The SMILES string of the molecule is Cc1ccc(-n2nc(-c3cccc(Br)c3)c3c2NCCCC3)c(C)c1. The highest BCUT2D eigenvalue weighted by Gasteiger charge is 2.22. The molecule has 1 N–H and O–H groups in total. The number of aromatic nitrogens is 2. The molecule has 0 spiro atoms. The molecule has 4 rings (SSSR count). The van der Waals surface area contributed by atoms with E-state index in [1.54, 1.807) is 0 Å². The maximum Gasteiger partial charge on any atom is 0.133 e. The Labute approximate surface area is 157 Å². The molecular weight excluding hydrogens is 374 g/mol. The molecule has 1 aliphatic rings. The summed E-state index contributed by atoms with van der Waals surface area (Å²) in [6.07, 6.45) is 3.45. The van der Waals surface area contributed by atoms with Crippen LogP contribution in [0.25, 0.3) is 16.9 Å². The molecule has 0 saturated carbocycles. The van der Waals surface area contributed by atoms with Crippen LogP contribution in [0.3, 0.4) is 0 Å². The van der Waals surface area contributed by atoms with Gasteiger partial charge < -0.3 is 5.32 Å². The molecule has 3 nitrogen and oxygen atoms in total. The fourth-order valence-electron chi connectivity index (χ4n) is 3.59. The van der Waals surface area contributed by atoms with Gasteiger partial charge in [0.15, 0.2) is 0 Å². The van der Waals surface area contributed by atoms with Crippen LogP contribution in [-0.2, 0) is 6.42 Å². The molecule has 3 aromatic rings. The summed E-state index contributed by atoms with van der Waals surface area (Å²) >= 11 is 3.59. The third-order valence-corrected chi connectivity index (χ3v) is 5.30. The first-order valence-electron chi connectivity index (χ1n) is 8.83. The van der Waals surface area contributed by atoms with Gasteiger partial charge in [0.1, 0.15) is 5.82 Å². The second-order valence-corrected chi connectivity index (χ2v) is 7.69. The second-order valence-electron chi connectivity index (χ2n) is 6.77. The minimum atomic E-state index is 1.00. The summed E-state index contributed by atoms with van der Waals surface area (Å²) in [6, 6.07) is 15.0. The molecule has 0 fully saturated rings. The Kier molecular flexibility index (Phi) is 4.38. The van der Waals surface area contributed by atoms with Gasteiger partial charge in [0, 0.05) is 22.1 Å². The van der Waals surface area contributed by atoms with Gasteiger partial charge in [-0.1, -0.05) is 45.8 Å². The normalized spacial score (nSPS) is 13.9. The van der Waals surface area contributed by atoms with Crippen LogP contribution in [0.2, 0.25) is 0 Å². The molecule has 0 aliphatic carbocycles. The number of nitrogens with zero attached hydrogens (tertiary/aromatic N) is 2. The van der Waals surface area contributed by atoms with Gasteiger partial charge in [0.2, 0.25) is 0 Å². The lowest BCUT2D eigenvalue weighted by atomic mass is 10.0. The van der Waals surface area contributed by atoms with Crippen molar-refractivity contribution in [2.24, 2.45) is 0 Å². The van der Waals surface area contributed by atoms with Crippen molar-refractivity contribution in [2.75, 3.05) is 11.9 Å². The summed E-state index contributed by atoms with van der Waals surface area (Å²) in [4.78, 5) is 0. The quantitative estimate of drug-likeness (QED) is 0.605. The zero-order valence-corrected chi connectivity index (χ0v) is 16.2. The molecular formula is C21H22BrN3. The van der Waals surface area contributed by atoms with Crippen LogP contribution in [0.4, 0.5) is 5.82 Å². The smallest absolute Gasteiger partial charge is 0.133 e. The number of rotatable bonds is 2. The highest BCUT2D eigenvalue weighted by Crippen LogP contribution is 2.35. The second kappa shape index (κ2) is 6.68. The first kappa shape index (κ1) is 16.4. The van der Waals surface area contributed by atoms with E-state index in [4.69, 9.17) is 5.10 Å². The van der Waals surface area contributed by atoms with Crippen molar-refractivity contribution in [3.8, 4) is 16.9 Å². The molecule has 0 bridgehead atoms. The van der Waals surface area contributed by atoms with E-state index in [-0.39, 0.29) is 0 Å². The average Bonchev–Trinajstić information content (AvgIpc) is 2.77. The van der Waals surface area contributed by atoms with E-state index in [0.717, 1.165) is 40.2 Å². The lowest BCUT2D eigenvalue weighted by Crippen LogP contribution is -2.08. The molecule has 2 heterocycles. The van der Waals surface area contributed by atoms with Gasteiger partial charge >= 0.3 is 0 Å². The van der Waals surface area contributed by atoms with Crippen LogP contribution in [0.1, 0.15) is 29.5 Å². The molecule has 1 aromatic heterocycles. The maximum atomic E-state index is 5.04. The third-order valence-electron chi connectivity index (χ3n) is 4.81. The largest absolute Gasteiger partial charge is 0.370 e. The number of anilines is 1. The lowest BCUT2D eigenvalue weighted by molar-refractivity contribution is 0.779. The standard InChI is InChI=1S/C21H22BrN3/c1-14-9-10-19(15(2)12-14)25-21-18(8-3-4-11-23-21)20(24-25)16-6-5-7-17(22)13-16/h5-7,9-10,12-13,23H,3-4,8,11H2,1-2H3. The minimum absolute atomic E-state index is 1.00. The first-order chi connectivity index (χ1) is 12.1. The number of nitrogens with one attached hydrogen (secondary N) is 1. The first-order valence-corrected chi connectivity index (χ1v) is 9.62. The molecule has 0 atom stereocenters. The fraction of sp³-hybridized carbons (Fsp3) is 0.286. The van der Waals surface area contributed by atoms with Crippen LogP contribution in [0.15, 0.2) is 46.9 Å². The molecule has 0 radical (unpaired) electrons. The summed E-state index contributed by atoms with van der Waals surface area (Å²) in [5.41, 5.74) is 7.26. The van der Waals surface area contributed by atoms with E-state index in [1.807, 2.05) is 0 Å². The van der Waals surface area contributed by atoms with Gasteiger partial charge in [-0.2, -0.15) is 5.10 Å². The Morgan fingerprint density at radius 1 is 1.08 bits per heavy atom. The highest BCUT2D eigenvalue weighted by molar-refractivity contribution is 9.10. The minimum Gasteiger partial charge on any atom is -0.370 e. The van der Waals surface area contributed by atoms with Crippen molar-refractivity contribution in [1.29, 1.82) is 0 Å². The Balaban J connectivity index is 1.93. The number of hydrogen-bond acceptors (Lipinski definition) is 2. The summed E-state index contributed by atoms with van der Waals surface area (Å²) < 4.78 is 3.19. The van der Waals surface area contributed by atoms with Gasteiger partial charge in [0.25, 0.3) is 0 Å². The van der Waals surface area contributed by atoms with Crippen molar-refractivity contribution in [2.45, 2.75) is 33.1 Å². The van der Waals surface area contributed by atoms with E-state index in [9.17, 15) is 0 Å². The molecule has 0 amide bonds. The topological polar surface area (TPSA) is 29.9 Å². The van der Waals surface area contributed by atoms with Gasteiger partial charge in [-0.15, -0.1) is 0 Å². The van der Waals surface area contributed by atoms with E-state index in [2.05, 4.69) is 82.2 Å². The maximum absolute atomic E-state index is 5.04. The highest BCUT2D eigenvalue weighted by atomic mass is 79.9. The van der Waals surface area contributed by atoms with Gasteiger partial charge in [-0.05, 0) is 56.9 Å². The Morgan fingerprint density at radius 2 is 1.96 bits per heavy atom. The van der Waals surface area contributed by atoms with Crippen molar-refractivity contribution < 1.29 is 0 Å². The zero-order chi connectivity index (χ0) is 17.4. The summed E-state index contributed by atoms with van der Waals surface area (Å²) in [5.74, 6) is 1.15. The van der Waals surface area contributed by atoms with Crippen molar-refractivity contribution >= 4 is 21.7 Å². The van der Waals surface area contributed by atoms with E-state index in [0.29, 0.717) is 0 Å². The predicted octanol–water partition coefficient (Wildman–Crippen LogP) is 5.67. The summed E-state index contributed by atoms with van der Waals surface area (Å²) in [6.45, 7) is 5.29. The third kappa shape index (κ3) is 3.11. The lowest BCUT2D eigenvalue weighted by Gasteiger charge is -2.12. The van der Waals surface area contributed by atoms with Crippen LogP contribution in [-0.4, -0.2) is 16.3 Å². The van der Waals surface area contributed by atoms with Crippen LogP contribution in [0, 0.1) is 13.8 Å². The Hall–Kier alpha value is -2.07. The molecule has 0 saturated heterocycles. The number of halogens is 1. The van der Waals surface area contributed by atoms with Crippen LogP contribution >= 0.6 is 15.9 Å². The van der Waals surface area contributed by atoms with E-state index >= 15 is 0 Å². The zero-order valence-electron chi connectivity index (χ0n) is 14.6. The number of hydrogen-bond donors (Lipinski definition) is 1. The molecule has 25 heavy (non-hydrogen) atoms. The van der Waals surface area contributed by atoms with E-state index in [1.165, 1.54) is 29.5 Å². The summed E-state index contributed by atoms with van der Waals surface area (Å²) in [5, 5.41) is 8.67. The van der Waals surface area contributed by atoms with Gasteiger partial charge in [0.05, 0.1) is 11.4 Å². The van der Waals surface area contributed by atoms with Crippen molar-refractivity contribution in [3.63, 3.8) is 0 Å². The molecule has 128 valence electrons. The van der Waals surface area contributed by atoms with Crippen molar-refractivity contribution in [3.05, 3.63) is 63.6 Å². The van der Waals surface area contributed by atoms with E-state index < -0.39 is 0 Å². The summed E-state index contributed by atoms with van der Waals surface area (Å²) in [7, 11) is 0. The van der Waals surface area contributed by atoms with Crippen LogP contribution < -0.4 is 5.32 Å². The Bertz CT molecular complexity index is 927. The fourth-order valence-corrected chi connectivity index (χ4v) is 3.99. The predicted molar refractivity (Wildman–Crippen MR) is 108 cm³/mol. The molecule has 0 unspecified atom stereocenters. The van der Waals surface area contributed by atoms with Gasteiger partial charge in [-0.25, -0.2) is 4.68 Å². The molecule has 2 aromatic carbocycles. The molecule has 4 heteroatoms. The Morgan fingerprint density at radius 3 is 2.76 bits per heavy atom. The average molecular weight is 396 g/mol. The number of benzene rings is 2. The van der Waals surface area contributed by atoms with Gasteiger partial charge in [-0.3, -0.25) is 0 Å².